The van der Waals surface area contributed by atoms with Crippen LogP contribution in [0.4, 0.5) is 0 Å². The van der Waals surface area contributed by atoms with Gasteiger partial charge < -0.3 is 0 Å². The summed E-state index contributed by atoms with van der Waals surface area (Å²) in [5, 5.41) is 0. The van der Waals surface area contributed by atoms with Gasteiger partial charge in [0.2, 0.25) is 0 Å². The van der Waals surface area contributed by atoms with Crippen LogP contribution in [0.25, 0.3) is 0 Å². The average Bonchev–Trinajstić information content (AvgIpc) is 1.97. The van der Waals surface area contributed by atoms with Crippen LogP contribution in [0.15, 0.2) is 6.17 Å². The number of nitrogens with zero attached hydrogens (tertiary/aromatic N) is 1. The highest BCUT2D eigenvalue weighted by molar-refractivity contribution is 5.32. The molecule has 10 heavy (non-hydrogen) atoms. The molecule has 1 nitrogen and oxygen atoms in total. The predicted octanol–water partition coefficient (Wildman–Crippen LogP) is 2.32. The van der Waals surface area contributed by atoms with E-state index in [0.717, 1.165) is 11.3 Å². The first-order valence-corrected chi connectivity index (χ1v) is 3.45. The van der Waals surface area contributed by atoms with E-state index in [1.807, 2.05) is 27.7 Å². The number of rotatable bonds is 0. The predicted molar refractivity (Wildman–Crippen MR) is 43.2 cm³/mol. The van der Waals surface area contributed by atoms with Crippen molar-refractivity contribution in [1.29, 1.82) is 0 Å². The smallest absolute Gasteiger partial charge is 0.0843 e. The van der Waals surface area contributed by atoms with Crippen LogP contribution in [0.1, 0.15) is 23.8 Å². The van der Waals surface area contributed by atoms with E-state index >= 15 is 0 Å². The SMILES string of the molecule is [3H]c1nc(C)c(C)c(C)c1C. The quantitative estimate of drug-likeness (QED) is 0.534. The Kier molecular flexibility index (Phi) is 1.42. The number of hydrogen-bond acceptors (Lipinski definition) is 1. The van der Waals surface area contributed by atoms with Gasteiger partial charge >= 0.3 is 0 Å². The Balaban J connectivity index is 3.46. The van der Waals surface area contributed by atoms with Crippen molar-refractivity contribution in [2.45, 2.75) is 27.7 Å². The van der Waals surface area contributed by atoms with Gasteiger partial charge in [0.1, 0.15) is 0 Å². The van der Waals surface area contributed by atoms with Gasteiger partial charge in [-0.3, -0.25) is 4.98 Å². The summed E-state index contributed by atoms with van der Waals surface area (Å²) in [7, 11) is 0. The van der Waals surface area contributed by atoms with Gasteiger partial charge in [-0.15, -0.1) is 0 Å². The zero-order valence-corrected chi connectivity index (χ0v) is 6.95. The van der Waals surface area contributed by atoms with Crippen LogP contribution < -0.4 is 0 Å². The van der Waals surface area contributed by atoms with Crippen LogP contribution in [0.5, 0.6) is 0 Å². The molecule has 0 amide bonds. The van der Waals surface area contributed by atoms with Gasteiger partial charge in [0.25, 0.3) is 0 Å². The summed E-state index contributed by atoms with van der Waals surface area (Å²) in [6, 6.07) is 0. The molecule has 0 aromatic carbocycles. The van der Waals surface area contributed by atoms with Crippen molar-refractivity contribution in [3.05, 3.63) is 28.6 Å². The maximum atomic E-state index is 7.49. The zero-order valence-electron chi connectivity index (χ0n) is 7.95. The molecular weight excluding hydrogens is 122 g/mol. The molecule has 1 heteroatoms. The Bertz CT molecular complexity index is 266. The molecule has 0 aliphatic heterocycles. The van der Waals surface area contributed by atoms with E-state index in [0.29, 0.717) is 6.17 Å². The highest BCUT2D eigenvalue weighted by Gasteiger charge is 1.98. The fraction of sp³-hybridized carbons (Fsp3) is 0.444. The van der Waals surface area contributed by atoms with E-state index < -0.39 is 0 Å². The minimum Gasteiger partial charge on any atom is -0.261 e. The molecule has 1 aromatic heterocycles. The lowest BCUT2D eigenvalue weighted by Crippen LogP contribution is -1.92. The van der Waals surface area contributed by atoms with Gasteiger partial charge in [0.15, 0.2) is 0 Å². The third-order valence-electron chi connectivity index (χ3n) is 2.06. The van der Waals surface area contributed by atoms with Crippen LogP contribution in [0, 0.1) is 27.7 Å². The molecule has 0 unspecified atom stereocenters. The lowest BCUT2D eigenvalue weighted by molar-refractivity contribution is 1.09. The highest BCUT2D eigenvalue weighted by Crippen LogP contribution is 2.12. The molecule has 0 bridgehead atoms. The standard InChI is InChI=1S/C9H13N/c1-6-5-10-9(4)8(3)7(6)2/h5H,1-4H3/i5T. The van der Waals surface area contributed by atoms with Crippen LogP contribution in [-0.2, 0) is 0 Å². The normalized spacial score (nSPS) is 11.4. The van der Waals surface area contributed by atoms with Gasteiger partial charge in [-0.05, 0) is 44.4 Å². The monoisotopic (exact) mass is 137 g/mol. The average molecular weight is 137 g/mol. The van der Waals surface area contributed by atoms with Crippen molar-refractivity contribution in [1.82, 2.24) is 4.98 Å². The third-order valence-corrected chi connectivity index (χ3v) is 2.06. The Labute approximate surface area is 63.5 Å². The summed E-state index contributed by atoms with van der Waals surface area (Å²) in [6.07, 6.45) is 0.408. The lowest BCUT2D eigenvalue weighted by atomic mass is 10.1. The molecule has 0 N–H and O–H groups in total. The minimum atomic E-state index is 0.408. The molecule has 1 rings (SSSR count). The Morgan fingerprint density at radius 3 is 2.40 bits per heavy atom. The van der Waals surface area contributed by atoms with E-state index in [2.05, 4.69) is 4.98 Å². The first-order chi connectivity index (χ1) is 5.04. The van der Waals surface area contributed by atoms with Crippen LogP contribution >= 0.6 is 0 Å². The Morgan fingerprint density at radius 2 is 1.80 bits per heavy atom. The van der Waals surface area contributed by atoms with Crippen LogP contribution in [0.2, 0.25) is 0 Å². The molecule has 1 heterocycles. The molecule has 1 aromatic rings. The summed E-state index contributed by atoms with van der Waals surface area (Å²) < 4.78 is 7.49. The molecule has 0 radical (unpaired) electrons. The van der Waals surface area contributed by atoms with E-state index in [9.17, 15) is 0 Å². The Hall–Kier alpha value is -0.850. The summed E-state index contributed by atoms with van der Waals surface area (Å²) in [4.78, 5) is 4.10. The van der Waals surface area contributed by atoms with Crippen molar-refractivity contribution in [3.63, 3.8) is 0 Å². The molecule has 0 atom stereocenters. The van der Waals surface area contributed by atoms with Gasteiger partial charge in [-0.25, -0.2) is 0 Å². The second-order valence-corrected chi connectivity index (χ2v) is 2.68. The maximum Gasteiger partial charge on any atom is 0.0843 e. The second kappa shape index (κ2) is 2.41. The lowest BCUT2D eigenvalue weighted by Gasteiger charge is -2.05. The number of pyridine rings is 1. The van der Waals surface area contributed by atoms with E-state index in [4.69, 9.17) is 1.37 Å². The molecule has 54 valence electrons. The molecule has 0 saturated carbocycles. The maximum absolute atomic E-state index is 7.49. The minimum absolute atomic E-state index is 0.408. The summed E-state index contributed by atoms with van der Waals surface area (Å²) in [6.45, 7) is 7.97. The van der Waals surface area contributed by atoms with Crippen molar-refractivity contribution in [3.8, 4) is 0 Å². The molecule has 0 saturated heterocycles. The van der Waals surface area contributed by atoms with Crippen molar-refractivity contribution < 1.29 is 1.37 Å². The number of aromatic nitrogens is 1. The number of hydrogen-bond donors (Lipinski definition) is 0. The van der Waals surface area contributed by atoms with Gasteiger partial charge in [-0.2, -0.15) is 0 Å². The van der Waals surface area contributed by atoms with Crippen molar-refractivity contribution in [2.75, 3.05) is 0 Å². The molecule has 0 fully saturated rings. The topological polar surface area (TPSA) is 12.9 Å². The van der Waals surface area contributed by atoms with E-state index in [1.54, 1.807) is 0 Å². The number of aryl methyl sites for hydroxylation is 1. The Morgan fingerprint density at radius 1 is 1.20 bits per heavy atom. The van der Waals surface area contributed by atoms with Crippen LogP contribution in [0.3, 0.4) is 0 Å². The summed E-state index contributed by atoms with van der Waals surface area (Å²) in [5.41, 5.74) is 4.37. The van der Waals surface area contributed by atoms with Crippen molar-refractivity contribution >= 4 is 0 Å². The molecule has 0 aliphatic carbocycles. The van der Waals surface area contributed by atoms with Gasteiger partial charge in [0.05, 0.1) is 1.37 Å². The van der Waals surface area contributed by atoms with Gasteiger partial charge in [0, 0.05) is 11.9 Å². The summed E-state index contributed by atoms with van der Waals surface area (Å²) >= 11 is 0. The fourth-order valence-electron chi connectivity index (χ4n) is 0.888. The highest BCUT2D eigenvalue weighted by atomic mass is 14.7. The second-order valence-electron chi connectivity index (χ2n) is 2.68. The first kappa shape index (κ1) is 5.90. The van der Waals surface area contributed by atoms with Crippen molar-refractivity contribution in [2.24, 2.45) is 0 Å². The van der Waals surface area contributed by atoms with E-state index in [-0.39, 0.29) is 0 Å². The molecule has 0 spiro atoms. The molecule has 0 aliphatic rings. The van der Waals surface area contributed by atoms with E-state index in [1.165, 1.54) is 11.1 Å². The third kappa shape index (κ3) is 1.04. The van der Waals surface area contributed by atoms with Gasteiger partial charge in [-0.1, -0.05) is 0 Å². The first-order valence-electron chi connectivity index (χ1n) is 3.95. The van der Waals surface area contributed by atoms with Crippen LogP contribution in [-0.4, -0.2) is 4.98 Å². The molecular formula is C9H13N. The zero-order chi connectivity index (χ0) is 8.59. The summed E-state index contributed by atoms with van der Waals surface area (Å²) in [5.74, 6) is 0. The largest absolute Gasteiger partial charge is 0.261 e. The fourth-order valence-corrected chi connectivity index (χ4v) is 0.888.